The van der Waals surface area contributed by atoms with Crippen LogP contribution < -0.4 is 10.6 Å². The highest BCUT2D eigenvalue weighted by molar-refractivity contribution is 6.31. The second-order valence-electron chi connectivity index (χ2n) is 7.88. The molecule has 0 fully saturated rings. The van der Waals surface area contributed by atoms with Crippen LogP contribution in [0.25, 0.3) is 11.1 Å². The Hall–Kier alpha value is -3.88. The smallest absolute Gasteiger partial charge is 0.411 e. The zero-order valence-electron chi connectivity index (χ0n) is 18.6. The van der Waals surface area contributed by atoms with Crippen molar-refractivity contribution < 1.29 is 29.0 Å². The predicted molar refractivity (Wildman–Crippen MR) is 131 cm³/mol. The van der Waals surface area contributed by atoms with E-state index in [2.05, 4.69) is 22.8 Å². The summed E-state index contributed by atoms with van der Waals surface area (Å²) in [4.78, 5) is 35.4. The average molecular weight is 495 g/mol. The van der Waals surface area contributed by atoms with Crippen LogP contribution in [0.4, 0.5) is 10.5 Å². The zero-order valence-corrected chi connectivity index (χ0v) is 19.4. The molecule has 9 heteroatoms. The van der Waals surface area contributed by atoms with Gasteiger partial charge in [0.2, 0.25) is 0 Å². The van der Waals surface area contributed by atoms with Crippen LogP contribution in [0.3, 0.4) is 0 Å². The maximum Gasteiger partial charge on any atom is 0.411 e. The molecule has 0 spiro atoms. The lowest BCUT2D eigenvalue weighted by atomic mass is 9.98. The summed E-state index contributed by atoms with van der Waals surface area (Å²) in [5, 5.41) is 14.0. The van der Waals surface area contributed by atoms with E-state index in [1.165, 1.54) is 18.2 Å². The van der Waals surface area contributed by atoms with E-state index in [1.807, 2.05) is 36.4 Å². The van der Waals surface area contributed by atoms with Crippen LogP contribution in [-0.4, -0.2) is 49.4 Å². The fraction of sp³-hybridized carbons (Fsp3) is 0.192. The topological polar surface area (TPSA) is 114 Å². The first-order chi connectivity index (χ1) is 16.9. The summed E-state index contributed by atoms with van der Waals surface area (Å²) in [5.74, 6) is -1.60. The van der Waals surface area contributed by atoms with E-state index in [0.717, 1.165) is 22.3 Å². The molecule has 8 nitrogen and oxygen atoms in total. The number of anilines is 1. The summed E-state index contributed by atoms with van der Waals surface area (Å²) in [6, 6.07) is 20.5. The normalized spacial score (nSPS) is 11.9. The molecule has 3 N–H and O–H groups in total. The molecule has 0 bridgehead atoms. The largest absolute Gasteiger partial charge is 0.480 e. The number of carboxylic acids is 1. The van der Waals surface area contributed by atoms with Gasteiger partial charge in [-0.1, -0.05) is 60.1 Å². The number of benzene rings is 3. The van der Waals surface area contributed by atoms with Gasteiger partial charge in [-0.25, -0.2) is 9.59 Å². The summed E-state index contributed by atoms with van der Waals surface area (Å²) in [5.41, 5.74) is 5.02. The number of halogens is 1. The SMILES string of the molecule is O=C(O)COCCNC(=O)c1cc(Cl)cc(NC(=O)OCC2c3ccccc3-c3ccccc32)c1. The van der Waals surface area contributed by atoms with Gasteiger partial charge in [0.25, 0.3) is 5.91 Å². The van der Waals surface area contributed by atoms with E-state index < -0.39 is 24.6 Å². The van der Waals surface area contributed by atoms with E-state index in [9.17, 15) is 14.4 Å². The maximum atomic E-state index is 12.5. The molecule has 2 amide bonds. The Morgan fingerprint density at radius 2 is 1.60 bits per heavy atom. The number of aliphatic carboxylic acids is 1. The van der Waals surface area contributed by atoms with Crippen LogP contribution in [0.5, 0.6) is 0 Å². The predicted octanol–water partition coefficient (Wildman–Crippen LogP) is 4.53. The van der Waals surface area contributed by atoms with Gasteiger partial charge in [-0.05, 0) is 40.5 Å². The fourth-order valence-corrected chi connectivity index (χ4v) is 4.28. The molecule has 35 heavy (non-hydrogen) atoms. The summed E-state index contributed by atoms with van der Waals surface area (Å²) in [6.07, 6.45) is -0.664. The van der Waals surface area contributed by atoms with Crippen molar-refractivity contribution in [1.29, 1.82) is 0 Å². The van der Waals surface area contributed by atoms with Crippen molar-refractivity contribution in [3.8, 4) is 11.1 Å². The Bertz CT molecular complexity index is 1220. The first-order valence-corrected chi connectivity index (χ1v) is 11.3. The van der Waals surface area contributed by atoms with Gasteiger partial charge in [0, 0.05) is 28.7 Å². The molecule has 3 aromatic carbocycles. The second-order valence-corrected chi connectivity index (χ2v) is 8.32. The van der Waals surface area contributed by atoms with E-state index in [4.69, 9.17) is 26.2 Å². The van der Waals surface area contributed by atoms with E-state index in [-0.39, 0.29) is 36.3 Å². The van der Waals surface area contributed by atoms with Crippen LogP contribution in [-0.2, 0) is 14.3 Å². The molecule has 0 aromatic heterocycles. The molecule has 0 aliphatic heterocycles. The Labute approximate surface area is 206 Å². The molecule has 0 heterocycles. The van der Waals surface area contributed by atoms with Gasteiger partial charge in [-0.3, -0.25) is 10.1 Å². The third-order valence-electron chi connectivity index (χ3n) is 5.51. The van der Waals surface area contributed by atoms with E-state index in [1.54, 1.807) is 0 Å². The number of nitrogens with one attached hydrogen (secondary N) is 2. The third-order valence-corrected chi connectivity index (χ3v) is 5.73. The monoisotopic (exact) mass is 494 g/mol. The lowest BCUT2D eigenvalue weighted by molar-refractivity contribution is -0.142. The van der Waals surface area contributed by atoms with Crippen LogP contribution in [0, 0.1) is 0 Å². The molecular weight excluding hydrogens is 472 g/mol. The van der Waals surface area contributed by atoms with Crippen molar-refractivity contribution in [3.63, 3.8) is 0 Å². The highest BCUT2D eigenvalue weighted by Gasteiger charge is 2.29. The van der Waals surface area contributed by atoms with Crippen molar-refractivity contribution in [3.05, 3.63) is 88.4 Å². The molecule has 0 unspecified atom stereocenters. The molecule has 4 rings (SSSR count). The standard InChI is InChI=1S/C26H23ClN2O6/c27-17-11-16(25(32)28-9-10-34-15-24(30)31)12-18(13-17)29-26(33)35-14-23-21-7-3-1-5-19(21)20-6-2-4-8-22(20)23/h1-8,11-13,23H,9-10,14-15H2,(H,28,32)(H,29,33)(H,30,31). The van der Waals surface area contributed by atoms with Crippen molar-refractivity contribution in [1.82, 2.24) is 5.32 Å². The zero-order chi connectivity index (χ0) is 24.8. The van der Waals surface area contributed by atoms with Crippen molar-refractivity contribution in [2.75, 3.05) is 31.7 Å². The Morgan fingerprint density at radius 3 is 2.26 bits per heavy atom. The number of hydrogen-bond donors (Lipinski definition) is 3. The number of ether oxygens (including phenoxy) is 2. The molecule has 180 valence electrons. The Balaban J connectivity index is 1.35. The number of fused-ring (bicyclic) bond motifs is 3. The third kappa shape index (κ3) is 5.98. The Morgan fingerprint density at radius 1 is 0.943 bits per heavy atom. The fourth-order valence-electron chi connectivity index (χ4n) is 4.04. The minimum Gasteiger partial charge on any atom is -0.480 e. The van der Waals surface area contributed by atoms with Gasteiger partial charge >= 0.3 is 12.1 Å². The van der Waals surface area contributed by atoms with Crippen LogP contribution in [0.2, 0.25) is 5.02 Å². The van der Waals surface area contributed by atoms with Crippen molar-refractivity contribution in [2.24, 2.45) is 0 Å². The minimum absolute atomic E-state index is 0.0451. The van der Waals surface area contributed by atoms with E-state index >= 15 is 0 Å². The van der Waals surface area contributed by atoms with Crippen LogP contribution in [0.1, 0.15) is 27.4 Å². The lowest BCUT2D eigenvalue weighted by Crippen LogP contribution is -2.28. The molecule has 0 saturated heterocycles. The Kier molecular flexibility index (Phi) is 7.64. The van der Waals surface area contributed by atoms with Gasteiger partial charge in [0.15, 0.2) is 0 Å². The average Bonchev–Trinajstić information content (AvgIpc) is 3.15. The van der Waals surface area contributed by atoms with Gasteiger partial charge in [-0.2, -0.15) is 0 Å². The molecule has 0 radical (unpaired) electrons. The van der Waals surface area contributed by atoms with Crippen molar-refractivity contribution >= 4 is 35.3 Å². The number of carbonyl (C=O) groups excluding carboxylic acids is 2. The maximum absolute atomic E-state index is 12.5. The molecular formula is C26H23ClN2O6. The number of carboxylic acid groups (broad SMARTS) is 1. The molecule has 1 aliphatic rings. The lowest BCUT2D eigenvalue weighted by Gasteiger charge is -2.15. The second kappa shape index (κ2) is 11.0. The molecule has 3 aromatic rings. The van der Waals surface area contributed by atoms with Crippen molar-refractivity contribution in [2.45, 2.75) is 5.92 Å². The summed E-state index contributed by atoms with van der Waals surface area (Å²) < 4.78 is 10.4. The van der Waals surface area contributed by atoms with Crippen LogP contribution in [0.15, 0.2) is 66.7 Å². The highest BCUT2D eigenvalue weighted by atomic mass is 35.5. The first kappa shape index (κ1) is 24.3. The van der Waals surface area contributed by atoms with Gasteiger partial charge < -0.3 is 19.9 Å². The number of rotatable bonds is 9. The minimum atomic E-state index is -1.09. The summed E-state index contributed by atoms with van der Waals surface area (Å²) >= 11 is 6.13. The van der Waals surface area contributed by atoms with Crippen LogP contribution >= 0.6 is 11.6 Å². The number of amides is 2. The highest BCUT2D eigenvalue weighted by Crippen LogP contribution is 2.44. The molecule has 0 saturated carbocycles. The van der Waals surface area contributed by atoms with Gasteiger partial charge in [0.1, 0.15) is 13.2 Å². The number of hydrogen-bond acceptors (Lipinski definition) is 5. The quantitative estimate of drug-likeness (QED) is 0.376. The van der Waals surface area contributed by atoms with Gasteiger partial charge in [0.05, 0.1) is 6.61 Å². The molecule has 0 atom stereocenters. The van der Waals surface area contributed by atoms with Gasteiger partial charge in [-0.15, -0.1) is 0 Å². The number of carbonyl (C=O) groups is 3. The van der Waals surface area contributed by atoms with E-state index in [0.29, 0.717) is 5.69 Å². The first-order valence-electron chi connectivity index (χ1n) is 10.9. The molecule has 1 aliphatic carbocycles. The summed E-state index contributed by atoms with van der Waals surface area (Å²) in [6.45, 7) is -0.122. The summed E-state index contributed by atoms with van der Waals surface area (Å²) in [7, 11) is 0.